The molecule has 0 bridgehead atoms. The van der Waals surface area contributed by atoms with Crippen LogP contribution in [0.25, 0.3) is 6.08 Å². The number of fused-ring (bicyclic) bond motifs is 1. The number of carbonyl (C=O) groups is 1. The number of allylic oxidation sites excluding steroid dienone is 1. The lowest BCUT2D eigenvalue weighted by Crippen LogP contribution is -2.40. The van der Waals surface area contributed by atoms with E-state index in [1.807, 2.05) is 55.5 Å². The SMILES string of the molecule is CCCC1=C(C(=O)OCC)[C@@H](c2cc(Cl)ccc2OC)n2c(s/c(=C/c3ccccc3OCc3ccc(Cl)cc3)c2=O)=N1. The van der Waals surface area contributed by atoms with Gasteiger partial charge in [-0.1, -0.05) is 78.2 Å². The van der Waals surface area contributed by atoms with E-state index >= 15 is 0 Å². The Morgan fingerprint density at radius 3 is 2.49 bits per heavy atom. The lowest BCUT2D eigenvalue weighted by molar-refractivity contribution is -0.139. The number of esters is 1. The van der Waals surface area contributed by atoms with Crippen LogP contribution in [0.15, 0.2) is 87.8 Å². The van der Waals surface area contributed by atoms with Crippen LogP contribution in [0.2, 0.25) is 10.0 Å². The minimum atomic E-state index is -0.843. The van der Waals surface area contributed by atoms with Gasteiger partial charge in [-0.05, 0) is 61.4 Å². The molecule has 43 heavy (non-hydrogen) atoms. The van der Waals surface area contributed by atoms with E-state index in [1.54, 1.807) is 31.2 Å². The Kier molecular flexibility index (Phi) is 9.70. The molecule has 2 heterocycles. The second-order valence-electron chi connectivity index (χ2n) is 9.75. The topological polar surface area (TPSA) is 79.1 Å². The second-order valence-corrected chi connectivity index (χ2v) is 11.6. The predicted molar refractivity (Wildman–Crippen MR) is 170 cm³/mol. The predicted octanol–water partition coefficient (Wildman–Crippen LogP) is 6.47. The summed E-state index contributed by atoms with van der Waals surface area (Å²) >= 11 is 13.7. The van der Waals surface area contributed by atoms with Crippen molar-refractivity contribution in [3.05, 3.63) is 124 Å². The summed E-state index contributed by atoms with van der Waals surface area (Å²) in [6, 6.07) is 19.3. The maximum absolute atomic E-state index is 14.2. The Bertz CT molecular complexity index is 1860. The third-order valence-corrected chi connectivity index (χ3v) is 8.36. The number of carbonyl (C=O) groups excluding carboxylic acids is 1. The van der Waals surface area contributed by atoms with Gasteiger partial charge in [0.1, 0.15) is 24.1 Å². The number of ether oxygens (including phenoxy) is 3. The molecule has 0 unspecified atom stereocenters. The Morgan fingerprint density at radius 2 is 1.77 bits per heavy atom. The average Bonchev–Trinajstić information content (AvgIpc) is 3.31. The molecule has 0 spiro atoms. The summed E-state index contributed by atoms with van der Waals surface area (Å²) in [6.45, 7) is 4.27. The molecule has 0 fully saturated rings. The summed E-state index contributed by atoms with van der Waals surface area (Å²) in [6.07, 6.45) is 3.06. The summed E-state index contributed by atoms with van der Waals surface area (Å²) in [5, 5.41) is 1.10. The standard InChI is InChI=1S/C33H30Cl2N2O5S/c1-4-8-25-29(32(39)41-5-2)30(24-18-23(35)15-16-27(24)40-3)37-31(38)28(43-33(37)36-25)17-21-9-6-7-10-26(21)42-19-20-11-13-22(34)14-12-20/h6-7,9-18,30H,4-5,8,19H2,1-3H3/b28-17+/t30-/m1/s1. The molecule has 3 aromatic carbocycles. The Balaban J connectivity index is 1.67. The Hall–Kier alpha value is -3.85. The van der Waals surface area contributed by atoms with E-state index in [9.17, 15) is 9.59 Å². The fraction of sp³-hybridized carbons (Fsp3) is 0.242. The molecular weight excluding hydrogens is 607 g/mol. The van der Waals surface area contributed by atoms with Crippen LogP contribution in [0.5, 0.6) is 11.5 Å². The third-order valence-electron chi connectivity index (χ3n) is 6.89. The summed E-state index contributed by atoms with van der Waals surface area (Å²) in [4.78, 5) is 32.9. The molecule has 0 amide bonds. The first kappa shape index (κ1) is 30.6. The zero-order chi connectivity index (χ0) is 30.5. The molecule has 5 rings (SSSR count). The van der Waals surface area contributed by atoms with Crippen molar-refractivity contribution in [3.8, 4) is 11.5 Å². The van der Waals surface area contributed by atoms with Crippen molar-refractivity contribution in [1.29, 1.82) is 0 Å². The molecule has 0 saturated heterocycles. The minimum absolute atomic E-state index is 0.179. The molecule has 1 atom stereocenters. The van der Waals surface area contributed by atoms with Gasteiger partial charge in [0, 0.05) is 21.2 Å². The number of hydrogen-bond donors (Lipinski definition) is 0. The van der Waals surface area contributed by atoms with Crippen molar-refractivity contribution in [2.75, 3.05) is 13.7 Å². The van der Waals surface area contributed by atoms with Gasteiger partial charge < -0.3 is 14.2 Å². The smallest absolute Gasteiger partial charge is 0.338 e. The van der Waals surface area contributed by atoms with Crippen molar-refractivity contribution in [2.24, 2.45) is 4.99 Å². The maximum Gasteiger partial charge on any atom is 0.338 e. The van der Waals surface area contributed by atoms with Crippen molar-refractivity contribution in [3.63, 3.8) is 0 Å². The van der Waals surface area contributed by atoms with Gasteiger partial charge in [-0.15, -0.1) is 0 Å². The quantitative estimate of drug-likeness (QED) is 0.186. The van der Waals surface area contributed by atoms with Gasteiger partial charge in [-0.25, -0.2) is 9.79 Å². The molecule has 222 valence electrons. The molecule has 7 nitrogen and oxygen atoms in total. The van der Waals surface area contributed by atoms with Crippen LogP contribution in [0.4, 0.5) is 0 Å². The van der Waals surface area contributed by atoms with E-state index in [4.69, 9.17) is 42.4 Å². The highest BCUT2D eigenvalue weighted by Gasteiger charge is 2.36. The lowest BCUT2D eigenvalue weighted by atomic mass is 9.93. The van der Waals surface area contributed by atoms with Gasteiger partial charge in [0.25, 0.3) is 5.56 Å². The number of halogens is 2. The number of aromatic nitrogens is 1. The summed E-state index contributed by atoms with van der Waals surface area (Å²) < 4.78 is 19.3. The molecule has 4 aromatic rings. The fourth-order valence-corrected chi connectivity index (χ4v) is 6.27. The summed E-state index contributed by atoms with van der Waals surface area (Å²) in [7, 11) is 1.54. The van der Waals surface area contributed by atoms with Crippen molar-refractivity contribution in [1.82, 2.24) is 4.57 Å². The number of thiazole rings is 1. The van der Waals surface area contributed by atoms with Crippen LogP contribution in [0.3, 0.4) is 0 Å². The van der Waals surface area contributed by atoms with E-state index < -0.39 is 12.0 Å². The van der Waals surface area contributed by atoms with Crippen LogP contribution in [-0.4, -0.2) is 24.3 Å². The van der Waals surface area contributed by atoms with Gasteiger partial charge in [-0.3, -0.25) is 9.36 Å². The highest BCUT2D eigenvalue weighted by Crippen LogP contribution is 2.38. The second kappa shape index (κ2) is 13.6. The molecule has 1 aliphatic rings. The molecular formula is C33H30Cl2N2O5S. The van der Waals surface area contributed by atoms with Crippen LogP contribution < -0.4 is 24.4 Å². The van der Waals surface area contributed by atoms with Crippen LogP contribution >= 0.6 is 34.5 Å². The zero-order valence-corrected chi connectivity index (χ0v) is 26.3. The number of rotatable bonds is 10. The van der Waals surface area contributed by atoms with Gasteiger partial charge in [0.2, 0.25) is 0 Å². The van der Waals surface area contributed by atoms with E-state index in [2.05, 4.69) is 0 Å². The molecule has 1 aliphatic heterocycles. The van der Waals surface area contributed by atoms with Crippen LogP contribution in [0, 0.1) is 0 Å². The van der Waals surface area contributed by atoms with E-state index in [-0.39, 0.29) is 12.2 Å². The van der Waals surface area contributed by atoms with E-state index in [1.165, 1.54) is 23.0 Å². The summed E-state index contributed by atoms with van der Waals surface area (Å²) in [5.74, 6) is 0.580. The van der Waals surface area contributed by atoms with Gasteiger partial charge >= 0.3 is 5.97 Å². The average molecular weight is 638 g/mol. The van der Waals surface area contributed by atoms with E-state index in [0.717, 1.165) is 17.5 Å². The fourth-order valence-electron chi connectivity index (χ4n) is 4.95. The minimum Gasteiger partial charge on any atom is -0.496 e. The normalized spacial score (nSPS) is 14.7. The molecule has 0 saturated carbocycles. The number of benzene rings is 3. The highest BCUT2D eigenvalue weighted by molar-refractivity contribution is 7.07. The van der Waals surface area contributed by atoms with Gasteiger partial charge in [0.05, 0.1) is 29.5 Å². The monoisotopic (exact) mass is 636 g/mol. The molecule has 0 N–H and O–H groups in total. The van der Waals surface area contributed by atoms with Crippen LogP contribution in [-0.2, 0) is 16.1 Å². The van der Waals surface area contributed by atoms with Gasteiger partial charge in [-0.2, -0.15) is 0 Å². The van der Waals surface area contributed by atoms with Crippen molar-refractivity contribution >= 4 is 46.6 Å². The maximum atomic E-state index is 14.2. The number of nitrogens with zero attached hydrogens (tertiary/aromatic N) is 2. The first-order valence-electron chi connectivity index (χ1n) is 13.9. The summed E-state index contributed by atoms with van der Waals surface area (Å²) in [5.41, 5.74) is 2.84. The first-order valence-corrected chi connectivity index (χ1v) is 15.4. The largest absolute Gasteiger partial charge is 0.496 e. The lowest BCUT2D eigenvalue weighted by Gasteiger charge is -2.27. The van der Waals surface area contributed by atoms with Crippen molar-refractivity contribution in [2.45, 2.75) is 39.3 Å². The first-order chi connectivity index (χ1) is 20.8. The third kappa shape index (κ3) is 6.56. The zero-order valence-electron chi connectivity index (χ0n) is 23.9. The number of methoxy groups -OCH3 is 1. The number of para-hydroxylation sites is 1. The highest BCUT2D eigenvalue weighted by atomic mass is 35.5. The molecule has 1 aromatic heterocycles. The van der Waals surface area contributed by atoms with E-state index in [0.29, 0.717) is 60.7 Å². The van der Waals surface area contributed by atoms with Crippen LogP contribution in [0.1, 0.15) is 49.4 Å². The van der Waals surface area contributed by atoms with Gasteiger partial charge in [0.15, 0.2) is 4.80 Å². The Morgan fingerprint density at radius 1 is 1.02 bits per heavy atom. The molecule has 0 radical (unpaired) electrons. The number of hydrogen-bond acceptors (Lipinski definition) is 7. The van der Waals surface area contributed by atoms with Crippen molar-refractivity contribution < 1.29 is 19.0 Å². The molecule has 0 aliphatic carbocycles. The molecule has 10 heteroatoms. The Labute approximate surface area is 263 Å².